The Hall–Kier alpha value is -3.30. The molecule has 0 fully saturated rings. The molecule has 0 radical (unpaired) electrons. The highest BCUT2D eigenvalue weighted by molar-refractivity contribution is 7.89. The molecule has 0 heterocycles. The molecule has 0 bridgehead atoms. The van der Waals surface area contributed by atoms with Gasteiger partial charge in [0.15, 0.2) is 0 Å². The molecule has 0 spiro atoms. The van der Waals surface area contributed by atoms with Gasteiger partial charge in [-0.3, -0.25) is 4.79 Å². The maximum atomic E-state index is 14.0. The third-order valence-electron chi connectivity index (χ3n) is 4.76. The summed E-state index contributed by atoms with van der Waals surface area (Å²) in [6.45, 7) is 1.70. The van der Waals surface area contributed by atoms with Crippen molar-refractivity contribution in [2.24, 2.45) is 0 Å². The standard InChI is InChI=1S/C23H22F2N2O4S/c1-15-12-18(9-11-22(15)31-2)32(29,30)27-21(13-16-6-4-3-5-7-16)23(28)26-20-10-8-17(24)14-19(20)25/h3-12,14,21,27H,13H2,1-2H3,(H,26,28)/t21-/m0/s1. The number of hydrogen-bond acceptors (Lipinski definition) is 4. The lowest BCUT2D eigenvalue weighted by molar-refractivity contribution is -0.117. The SMILES string of the molecule is COc1ccc(S(=O)(=O)N[C@@H](Cc2ccccc2)C(=O)Nc2ccc(F)cc2F)cc1C. The first-order valence-electron chi connectivity index (χ1n) is 9.66. The van der Waals surface area contributed by atoms with Crippen molar-refractivity contribution >= 4 is 21.6 Å². The fourth-order valence-electron chi connectivity index (χ4n) is 3.12. The second-order valence-corrected chi connectivity index (χ2v) is 8.82. The second kappa shape index (κ2) is 9.88. The van der Waals surface area contributed by atoms with Crippen molar-refractivity contribution in [2.75, 3.05) is 12.4 Å². The molecule has 0 aromatic heterocycles. The van der Waals surface area contributed by atoms with Crippen molar-refractivity contribution < 1.29 is 26.7 Å². The highest BCUT2D eigenvalue weighted by Crippen LogP contribution is 2.22. The molecule has 0 saturated heterocycles. The zero-order valence-electron chi connectivity index (χ0n) is 17.4. The van der Waals surface area contributed by atoms with Crippen LogP contribution in [0.15, 0.2) is 71.6 Å². The maximum absolute atomic E-state index is 14.0. The predicted molar refractivity (Wildman–Crippen MR) is 117 cm³/mol. The molecule has 168 valence electrons. The van der Waals surface area contributed by atoms with Crippen LogP contribution in [0, 0.1) is 18.6 Å². The summed E-state index contributed by atoms with van der Waals surface area (Å²) in [5.74, 6) is -2.02. The Kier molecular flexibility index (Phi) is 7.22. The third-order valence-corrected chi connectivity index (χ3v) is 6.23. The van der Waals surface area contributed by atoms with Crippen molar-refractivity contribution in [3.8, 4) is 5.75 Å². The third kappa shape index (κ3) is 5.68. The first-order valence-corrected chi connectivity index (χ1v) is 11.1. The number of carbonyl (C=O) groups is 1. The lowest BCUT2D eigenvalue weighted by atomic mass is 10.1. The van der Waals surface area contributed by atoms with E-state index in [4.69, 9.17) is 4.74 Å². The van der Waals surface area contributed by atoms with E-state index >= 15 is 0 Å². The summed E-state index contributed by atoms with van der Waals surface area (Å²) in [6, 6.07) is 14.5. The number of anilines is 1. The summed E-state index contributed by atoms with van der Waals surface area (Å²) in [5.41, 5.74) is 1.04. The topological polar surface area (TPSA) is 84.5 Å². The van der Waals surface area contributed by atoms with Crippen LogP contribution in [0.3, 0.4) is 0 Å². The van der Waals surface area contributed by atoms with Crippen molar-refractivity contribution in [3.05, 3.63) is 89.5 Å². The molecule has 1 amide bonds. The summed E-state index contributed by atoms with van der Waals surface area (Å²) < 4.78 is 60.7. The van der Waals surface area contributed by atoms with Crippen molar-refractivity contribution in [1.29, 1.82) is 0 Å². The normalized spacial score (nSPS) is 12.2. The van der Waals surface area contributed by atoms with E-state index in [1.54, 1.807) is 37.3 Å². The number of halogens is 2. The maximum Gasteiger partial charge on any atom is 0.242 e. The van der Waals surface area contributed by atoms with Gasteiger partial charge in [0.05, 0.1) is 17.7 Å². The molecule has 3 aromatic carbocycles. The number of amides is 1. The van der Waals surface area contributed by atoms with E-state index < -0.39 is 33.6 Å². The van der Waals surface area contributed by atoms with E-state index in [9.17, 15) is 22.0 Å². The molecule has 3 rings (SSSR count). The van der Waals surface area contributed by atoms with Gasteiger partial charge in [-0.2, -0.15) is 4.72 Å². The number of methoxy groups -OCH3 is 1. The van der Waals surface area contributed by atoms with Crippen LogP contribution >= 0.6 is 0 Å². The Balaban J connectivity index is 1.89. The molecule has 1 atom stereocenters. The largest absolute Gasteiger partial charge is 0.496 e. The Morgan fingerprint density at radius 1 is 1.03 bits per heavy atom. The van der Waals surface area contributed by atoms with Gasteiger partial charge in [0.2, 0.25) is 15.9 Å². The molecule has 0 unspecified atom stereocenters. The summed E-state index contributed by atoms with van der Waals surface area (Å²) in [5, 5.41) is 2.33. The van der Waals surface area contributed by atoms with Gasteiger partial charge >= 0.3 is 0 Å². The second-order valence-electron chi connectivity index (χ2n) is 7.11. The average Bonchev–Trinajstić information content (AvgIpc) is 2.75. The number of carbonyl (C=O) groups excluding carboxylic acids is 1. The number of sulfonamides is 1. The zero-order valence-corrected chi connectivity index (χ0v) is 18.2. The van der Waals surface area contributed by atoms with Crippen molar-refractivity contribution in [1.82, 2.24) is 4.72 Å². The summed E-state index contributed by atoms with van der Waals surface area (Å²) in [6.07, 6.45) is 0.0177. The van der Waals surface area contributed by atoms with Gasteiger partial charge in [0, 0.05) is 6.07 Å². The van der Waals surface area contributed by atoms with E-state index in [0.29, 0.717) is 22.9 Å². The molecule has 9 heteroatoms. The first kappa shape index (κ1) is 23.4. The minimum absolute atomic E-state index is 0.0177. The molecular weight excluding hydrogens is 438 g/mol. The number of aryl methyl sites for hydroxylation is 1. The van der Waals surface area contributed by atoms with E-state index in [2.05, 4.69) is 10.0 Å². The van der Waals surface area contributed by atoms with Crippen molar-refractivity contribution in [3.63, 3.8) is 0 Å². The van der Waals surface area contributed by atoms with Gasteiger partial charge < -0.3 is 10.1 Å². The van der Waals surface area contributed by atoms with Crippen LogP contribution in [-0.2, 0) is 21.2 Å². The lowest BCUT2D eigenvalue weighted by Gasteiger charge is -2.19. The number of ether oxygens (including phenoxy) is 1. The zero-order chi connectivity index (χ0) is 23.3. The molecule has 0 aliphatic rings. The van der Waals surface area contributed by atoms with Gasteiger partial charge in [-0.1, -0.05) is 30.3 Å². The molecular formula is C23H22F2N2O4S. The summed E-state index contributed by atoms with van der Waals surface area (Å²) in [7, 11) is -2.63. The number of rotatable bonds is 8. The van der Waals surface area contributed by atoms with Gasteiger partial charge in [-0.05, 0) is 54.8 Å². The van der Waals surface area contributed by atoms with Gasteiger partial charge in [-0.25, -0.2) is 17.2 Å². The summed E-state index contributed by atoms with van der Waals surface area (Å²) in [4.78, 5) is 12.9. The highest BCUT2D eigenvalue weighted by atomic mass is 32.2. The Labute approximate surface area is 185 Å². The number of nitrogens with one attached hydrogen (secondary N) is 2. The molecule has 0 aliphatic heterocycles. The van der Waals surface area contributed by atoms with Crippen LogP contribution in [0.5, 0.6) is 5.75 Å². The van der Waals surface area contributed by atoms with Crippen LogP contribution in [-0.4, -0.2) is 27.5 Å². The van der Waals surface area contributed by atoms with E-state index in [1.165, 1.54) is 25.3 Å². The van der Waals surface area contributed by atoms with E-state index in [-0.39, 0.29) is 17.0 Å². The Bertz CT molecular complexity index is 1220. The molecule has 0 aliphatic carbocycles. The number of hydrogen-bond donors (Lipinski definition) is 2. The van der Waals surface area contributed by atoms with Crippen LogP contribution in [0.1, 0.15) is 11.1 Å². The minimum atomic E-state index is -4.10. The average molecular weight is 461 g/mol. The van der Waals surface area contributed by atoms with Crippen LogP contribution in [0.2, 0.25) is 0 Å². The van der Waals surface area contributed by atoms with Crippen LogP contribution in [0.4, 0.5) is 14.5 Å². The fourth-order valence-corrected chi connectivity index (χ4v) is 4.40. The number of benzene rings is 3. The monoisotopic (exact) mass is 460 g/mol. The Morgan fingerprint density at radius 3 is 2.38 bits per heavy atom. The fraction of sp³-hybridized carbons (Fsp3) is 0.174. The lowest BCUT2D eigenvalue weighted by Crippen LogP contribution is -2.45. The molecule has 3 aromatic rings. The van der Waals surface area contributed by atoms with Crippen LogP contribution < -0.4 is 14.8 Å². The van der Waals surface area contributed by atoms with Gasteiger partial charge in [-0.15, -0.1) is 0 Å². The first-order chi connectivity index (χ1) is 15.2. The van der Waals surface area contributed by atoms with Crippen LogP contribution in [0.25, 0.3) is 0 Å². The van der Waals surface area contributed by atoms with Crippen molar-refractivity contribution in [2.45, 2.75) is 24.3 Å². The Morgan fingerprint density at radius 2 is 1.75 bits per heavy atom. The molecule has 0 saturated carbocycles. The smallest absolute Gasteiger partial charge is 0.242 e. The molecule has 6 nitrogen and oxygen atoms in total. The highest BCUT2D eigenvalue weighted by Gasteiger charge is 2.27. The van der Waals surface area contributed by atoms with E-state index in [1.807, 2.05) is 0 Å². The van der Waals surface area contributed by atoms with Gasteiger partial charge in [0.1, 0.15) is 23.4 Å². The molecule has 32 heavy (non-hydrogen) atoms. The molecule has 2 N–H and O–H groups in total. The van der Waals surface area contributed by atoms with E-state index in [0.717, 1.165) is 12.1 Å². The minimum Gasteiger partial charge on any atom is -0.496 e. The quantitative estimate of drug-likeness (QED) is 0.536. The van der Waals surface area contributed by atoms with Gasteiger partial charge in [0.25, 0.3) is 0 Å². The predicted octanol–water partition coefficient (Wildman–Crippen LogP) is 3.81. The summed E-state index contributed by atoms with van der Waals surface area (Å²) >= 11 is 0.